The highest BCUT2D eigenvalue weighted by atomic mass is 16.4. The average molecular weight is 371 g/mol. The van der Waals surface area contributed by atoms with Crippen molar-refractivity contribution in [3.63, 3.8) is 0 Å². The second-order valence-corrected chi connectivity index (χ2v) is 7.30. The minimum Gasteiger partial charge on any atom is -0.478 e. The Bertz CT molecular complexity index is 1160. The molecule has 1 atom stereocenters. The van der Waals surface area contributed by atoms with E-state index in [2.05, 4.69) is 22.8 Å². The molecule has 1 aliphatic rings. The zero-order valence-electron chi connectivity index (χ0n) is 15.9. The molecule has 1 N–H and O–H groups in total. The molecule has 0 fully saturated rings. The van der Waals surface area contributed by atoms with Crippen LogP contribution < -0.4 is 0 Å². The second kappa shape index (κ2) is 6.97. The number of carboxylic acid groups (broad SMARTS) is 1. The Morgan fingerprint density at radius 1 is 1.36 bits per heavy atom. The summed E-state index contributed by atoms with van der Waals surface area (Å²) in [4.78, 5) is 16.0. The Balaban J connectivity index is 2.09. The zero-order chi connectivity index (χ0) is 19.8. The summed E-state index contributed by atoms with van der Waals surface area (Å²) in [6.45, 7) is 3.92. The van der Waals surface area contributed by atoms with E-state index in [-0.39, 0.29) is 6.04 Å². The fraction of sp³-hybridized carbons (Fsp3) is 0.261. The Morgan fingerprint density at radius 2 is 2.14 bits per heavy atom. The number of aliphatic carboxylic acids is 1. The largest absolute Gasteiger partial charge is 0.478 e. The second-order valence-electron chi connectivity index (χ2n) is 7.30. The lowest BCUT2D eigenvalue weighted by atomic mass is 9.87. The van der Waals surface area contributed by atoms with E-state index in [1.807, 2.05) is 32.0 Å². The molecule has 28 heavy (non-hydrogen) atoms. The van der Waals surface area contributed by atoms with Gasteiger partial charge in [-0.25, -0.2) is 9.78 Å². The topological polar surface area (TPSA) is 78.9 Å². The van der Waals surface area contributed by atoms with E-state index >= 15 is 0 Å². The van der Waals surface area contributed by atoms with Crippen LogP contribution >= 0.6 is 0 Å². The number of nitriles is 1. The summed E-state index contributed by atoms with van der Waals surface area (Å²) in [5.74, 6) is -1.04. The van der Waals surface area contributed by atoms with Crippen molar-refractivity contribution in [1.29, 1.82) is 5.26 Å². The molecule has 0 amide bonds. The first-order valence-corrected chi connectivity index (χ1v) is 9.42. The fourth-order valence-corrected chi connectivity index (χ4v) is 4.40. The van der Waals surface area contributed by atoms with E-state index in [0.717, 1.165) is 47.6 Å². The highest BCUT2D eigenvalue weighted by Gasteiger charge is 2.28. The molecule has 2 aromatic heterocycles. The molecule has 0 bridgehead atoms. The predicted octanol–water partition coefficient (Wildman–Crippen LogP) is 4.55. The molecule has 3 aromatic rings. The average Bonchev–Trinajstić information content (AvgIpc) is 2.99. The van der Waals surface area contributed by atoms with E-state index in [9.17, 15) is 15.2 Å². The van der Waals surface area contributed by atoms with Crippen LogP contribution in [0.15, 0.2) is 36.4 Å². The number of nitrogens with zero attached hydrogens (tertiary/aromatic N) is 3. The molecule has 1 aliphatic carbocycles. The van der Waals surface area contributed by atoms with Crippen LogP contribution in [0.1, 0.15) is 52.5 Å². The Kier molecular flexibility index (Phi) is 4.48. The van der Waals surface area contributed by atoms with Gasteiger partial charge in [-0.2, -0.15) is 5.26 Å². The van der Waals surface area contributed by atoms with Crippen molar-refractivity contribution in [3.8, 4) is 6.07 Å². The third kappa shape index (κ3) is 2.87. The van der Waals surface area contributed by atoms with Crippen LogP contribution in [0.3, 0.4) is 0 Å². The van der Waals surface area contributed by atoms with Crippen molar-refractivity contribution in [2.24, 2.45) is 0 Å². The van der Waals surface area contributed by atoms with Crippen molar-refractivity contribution in [3.05, 3.63) is 70.0 Å². The summed E-state index contributed by atoms with van der Waals surface area (Å²) in [6.07, 6.45) is 5.63. The van der Waals surface area contributed by atoms with Crippen molar-refractivity contribution in [2.75, 3.05) is 0 Å². The molecule has 0 radical (unpaired) electrons. The zero-order valence-corrected chi connectivity index (χ0v) is 15.9. The third-order valence-electron chi connectivity index (χ3n) is 5.46. The molecule has 0 aliphatic heterocycles. The van der Waals surface area contributed by atoms with Gasteiger partial charge in [-0.1, -0.05) is 24.3 Å². The summed E-state index contributed by atoms with van der Waals surface area (Å²) in [5.41, 5.74) is 6.24. The van der Waals surface area contributed by atoms with Gasteiger partial charge in [0.2, 0.25) is 0 Å². The summed E-state index contributed by atoms with van der Waals surface area (Å²) in [6, 6.07) is 12.6. The van der Waals surface area contributed by atoms with Gasteiger partial charge in [-0.05, 0) is 61.9 Å². The van der Waals surface area contributed by atoms with Gasteiger partial charge in [-0.15, -0.1) is 0 Å². The molecule has 0 unspecified atom stereocenters. The molecular formula is C23H21N3O2. The number of aryl methyl sites for hydroxylation is 3. The first kappa shape index (κ1) is 18.0. The van der Waals surface area contributed by atoms with Gasteiger partial charge in [0, 0.05) is 17.2 Å². The smallest absolute Gasteiger partial charge is 0.328 e. The van der Waals surface area contributed by atoms with Crippen molar-refractivity contribution in [2.45, 2.75) is 39.2 Å². The van der Waals surface area contributed by atoms with Crippen molar-refractivity contribution in [1.82, 2.24) is 9.55 Å². The van der Waals surface area contributed by atoms with E-state index in [1.54, 1.807) is 0 Å². The molecule has 0 saturated carbocycles. The lowest BCUT2D eigenvalue weighted by Gasteiger charge is -2.28. The summed E-state index contributed by atoms with van der Waals surface area (Å²) < 4.78 is 2.07. The van der Waals surface area contributed by atoms with Gasteiger partial charge >= 0.3 is 5.97 Å². The van der Waals surface area contributed by atoms with Gasteiger partial charge in [0.1, 0.15) is 11.7 Å². The van der Waals surface area contributed by atoms with Crippen LogP contribution in [0.25, 0.3) is 17.1 Å². The van der Waals surface area contributed by atoms with E-state index in [0.29, 0.717) is 11.3 Å². The maximum Gasteiger partial charge on any atom is 0.328 e. The van der Waals surface area contributed by atoms with Gasteiger partial charge < -0.3 is 9.67 Å². The summed E-state index contributed by atoms with van der Waals surface area (Å²) >= 11 is 0. The van der Waals surface area contributed by atoms with Crippen molar-refractivity contribution < 1.29 is 9.90 Å². The van der Waals surface area contributed by atoms with E-state index < -0.39 is 5.97 Å². The Hall–Kier alpha value is -3.39. The van der Waals surface area contributed by atoms with Crippen LogP contribution in [0, 0.1) is 25.2 Å². The molecule has 5 nitrogen and oxygen atoms in total. The lowest BCUT2D eigenvalue weighted by Crippen LogP contribution is -2.19. The predicted molar refractivity (Wildman–Crippen MR) is 108 cm³/mol. The third-order valence-corrected chi connectivity index (χ3v) is 5.46. The van der Waals surface area contributed by atoms with Gasteiger partial charge in [0.05, 0.1) is 17.3 Å². The van der Waals surface area contributed by atoms with Crippen LogP contribution in [-0.4, -0.2) is 20.6 Å². The Morgan fingerprint density at radius 3 is 2.89 bits per heavy atom. The van der Waals surface area contributed by atoms with Crippen LogP contribution in [0.5, 0.6) is 0 Å². The Labute approximate surface area is 163 Å². The number of benzene rings is 1. The van der Waals surface area contributed by atoms with Gasteiger partial charge in [0.15, 0.2) is 0 Å². The number of hydrogen-bond acceptors (Lipinski definition) is 3. The molecule has 0 saturated heterocycles. The summed E-state index contributed by atoms with van der Waals surface area (Å²) in [7, 11) is 0. The molecule has 2 heterocycles. The first-order chi connectivity index (χ1) is 13.5. The normalized spacial score (nSPS) is 16.2. The molecule has 4 rings (SSSR count). The van der Waals surface area contributed by atoms with Gasteiger partial charge in [0.25, 0.3) is 0 Å². The number of pyridine rings is 1. The van der Waals surface area contributed by atoms with E-state index in [4.69, 9.17) is 4.98 Å². The minimum atomic E-state index is -1.04. The number of fused-ring (bicyclic) bond motifs is 2. The quantitative estimate of drug-likeness (QED) is 0.685. The highest BCUT2D eigenvalue weighted by molar-refractivity contribution is 5.94. The maximum absolute atomic E-state index is 11.2. The van der Waals surface area contributed by atoms with Crippen LogP contribution in [0.4, 0.5) is 0 Å². The number of aromatic nitrogens is 2. The molecule has 5 heteroatoms. The minimum absolute atomic E-state index is 0.0247. The molecular weight excluding hydrogens is 350 g/mol. The van der Waals surface area contributed by atoms with Crippen LogP contribution in [-0.2, 0) is 11.2 Å². The molecule has 0 spiro atoms. The summed E-state index contributed by atoms with van der Waals surface area (Å²) in [5, 5.41) is 19.9. The lowest BCUT2D eigenvalue weighted by molar-refractivity contribution is -0.131. The fourth-order valence-electron chi connectivity index (χ4n) is 4.40. The number of carboxylic acids is 1. The molecule has 1 aromatic carbocycles. The number of carbonyl (C=O) groups is 1. The number of hydrogen-bond donors (Lipinski definition) is 1. The van der Waals surface area contributed by atoms with Crippen molar-refractivity contribution >= 4 is 23.1 Å². The molecule has 140 valence electrons. The first-order valence-electron chi connectivity index (χ1n) is 9.42. The van der Waals surface area contributed by atoms with Crippen LogP contribution in [0.2, 0.25) is 0 Å². The standard InChI is InChI=1S/C23H21N3O2/c1-14-12-15(2)25-23-22(14)18(13-24)20(10-11-21(27)28)26(23)19-9-5-7-16-6-3-4-8-17(16)19/h3-4,6,8,10-12,19H,5,7,9H2,1-2H3,(H,27,28)/b11-10+/t19-/m1/s1. The highest BCUT2D eigenvalue weighted by Crippen LogP contribution is 2.39. The maximum atomic E-state index is 11.2. The van der Waals surface area contributed by atoms with Gasteiger partial charge in [-0.3, -0.25) is 0 Å². The number of rotatable bonds is 3. The van der Waals surface area contributed by atoms with E-state index in [1.165, 1.54) is 17.2 Å². The SMILES string of the molecule is Cc1cc(C)c2c(C#N)c(/C=C/C(=O)O)n([C@@H]3CCCc4ccccc43)c2n1. The monoisotopic (exact) mass is 371 g/mol.